The number of methoxy groups -OCH3 is 1. The van der Waals surface area contributed by atoms with Crippen molar-refractivity contribution < 1.29 is 9.53 Å². The van der Waals surface area contributed by atoms with Crippen LogP contribution in [-0.2, 0) is 17.7 Å². The molecule has 164 valence electrons. The van der Waals surface area contributed by atoms with Crippen molar-refractivity contribution in [2.45, 2.75) is 31.9 Å². The summed E-state index contributed by atoms with van der Waals surface area (Å²) in [5.74, 6) is 1.03. The number of aromatic nitrogens is 2. The molecule has 0 aliphatic carbocycles. The SMILES string of the molecule is COC1CCN(c2ncnc3c2CN(C(=O)c2ccc(-c4ccccc4)cc2)CC3)CC1. The Kier molecular flexibility index (Phi) is 5.86. The summed E-state index contributed by atoms with van der Waals surface area (Å²) in [6.07, 6.45) is 4.72. The molecular weight excluding hydrogens is 400 g/mol. The molecule has 1 fully saturated rings. The molecule has 3 heterocycles. The minimum absolute atomic E-state index is 0.0585. The number of rotatable bonds is 4. The molecule has 2 aromatic carbocycles. The second kappa shape index (κ2) is 9.09. The van der Waals surface area contributed by atoms with Crippen LogP contribution in [0.3, 0.4) is 0 Å². The molecule has 5 rings (SSSR count). The van der Waals surface area contributed by atoms with E-state index in [0.29, 0.717) is 24.8 Å². The molecule has 6 heteroatoms. The van der Waals surface area contributed by atoms with Crippen LogP contribution in [0.25, 0.3) is 11.1 Å². The average molecular weight is 429 g/mol. The molecule has 1 amide bonds. The van der Waals surface area contributed by atoms with Gasteiger partial charge in [-0.3, -0.25) is 4.79 Å². The van der Waals surface area contributed by atoms with Gasteiger partial charge in [0.2, 0.25) is 0 Å². The number of fused-ring (bicyclic) bond motifs is 1. The number of piperidine rings is 1. The number of benzene rings is 2. The van der Waals surface area contributed by atoms with Gasteiger partial charge in [0.15, 0.2) is 0 Å². The third-order valence-corrected chi connectivity index (χ3v) is 6.58. The van der Waals surface area contributed by atoms with Crippen LogP contribution in [0.4, 0.5) is 5.82 Å². The highest BCUT2D eigenvalue weighted by Gasteiger charge is 2.28. The molecule has 0 atom stereocenters. The largest absolute Gasteiger partial charge is 0.381 e. The molecule has 6 nitrogen and oxygen atoms in total. The molecule has 0 spiro atoms. The lowest BCUT2D eigenvalue weighted by Crippen LogP contribution is -2.41. The maximum absolute atomic E-state index is 13.3. The van der Waals surface area contributed by atoms with Gasteiger partial charge in [-0.15, -0.1) is 0 Å². The van der Waals surface area contributed by atoms with Crippen LogP contribution in [0.15, 0.2) is 60.9 Å². The molecule has 2 aliphatic heterocycles. The summed E-state index contributed by atoms with van der Waals surface area (Å²) in [4.78, 5) is 26.7. The van der Waals surface area contributed by atoms with Crippen molar-refractivity contribution in [3.63, 3.8) is 0 Å². The van der Waals surface area contributed by atoms with Crippen LogP contribution in [0, 0.1) is 0 Å². The van der Waals surface area contributed by atoms with Gasteiger partial charge in [0.25, 0.3) is 5.91 Å². The fraction of sp³-hybridized carbons (Fsp3) is 0.346. The van der Waals surface area contributed by atoms with Gasteiger partial charge in [-0.1, -0.05) is 42.5 Å². The van der Waals surface area contributed by atoms with Crippen LogP contribution in [0.2, 0.25) is 0 Å². The van der Waals surface area contributed by atoms with Crippen LogP contribution < -0.4 is 4.90 Å². The van der Waals surface area contributed by atoms with E-state index in [-0.39, 0.29) is 5.91 Å². The standard InChI is InChI=1S/C26H28N4O2/c1-32-22-11-14-29(15-12-22)25-23-17-30(16-13-24(23)27-18-28-25)26(31)21-9-7-20(8-10-21)19-5-3-2-4-6-19/h2-10,18,22H,11-17H2,1H3. The topological polar surface area (TPSA) is 58.6 Å². The highest BCUT2D eigenvalue weighted by molar-refractivity contribution is 5.95. The predicted octanol–water partition coefficient (Wildman–Crippen LogP) is 3.96. The van der Waals surface area contributed by atoms with E-state index in [1.54, 1.807) is 13.4 Å². The van der Waals surface area contributed by atoms with Crippen molar-refractivity contribution in [3.05, 3.63) is 77.7 Å². The molecule has 0 bridgehead atoms. The fourth-order valence-electron chi connectivity index (χ4n) is 4.69. The number of anilines is 1. The highest BCUT2D eigenvalue weighted by atomic mass is 16.5. The van der Waals surface area contributed by atoms with E-state index in [9.17, 15) is 4.79 Å². The lowest BCUT2D eigenvalue weighted by Gasteiger charge is -2.36. The fourth-order valence-corrected chi connectivity index (χ4v) is 4.69. The monoisotopic (exact) mass is 428 g/mol. The first-order valence-corrected chi connectivity index (χ1v) is 11.3. The quantitative estimate of drug-likeness (QED) is 0.630. The molecule has 32 heavy (non-hydrogen) atoms. The summed E-state index contributed by atoms with van der Waals surface area (Å²) in [6.45, 7) is 3.05. The first-order chi connectivity index (χ1) is 15.7. The zero-order chi connectivity index (χ0) is 21.9. The summed E-state index contributed by atoms with van der Waals surface area (Å²) < 4.78 is 5.51. The van der Waals surface area contributed by atoms with E-state index in [1.807, 2.05) is 47.4 Å². The van der Waals surface area contributed by atoms with Crippen LogP contribution >= 0.6 is 0 Å². The number of hydrogen-bond donors (Lipinski definition) is 0. The number of amides is 1. The van der Waals surface area contributed by atoms with Crippen LogP contribution in [0.1, 0.15) is 34.5 Å². The number of hydrogen-bond acceptors (Lipinski definition) is 5. The lowest BCUT2D eigenvalue weighted by molar-refractivity contribution is 0.0733. The Morgan fingerprint density at radius 1 is 0.938 bits per heavy atom. The third kappa shape index (κ3) is 4.10. The maximum Gasteiger partial charge on any atom is 0.254 e. The molecular formula is C26H28N4O2. The number of nitrogens with zero attached hydrogens (tertiary/aromatic N) is 4. The minimum atomic E-state index is 0.0585. The third-order valence-electron chi connectivity index (χ3n) is 6.58. The van der Waals surface area contributed by atoms with E-state index in [2.05, 4.69) is 27.0 Å². The van der Waals surface area contributed by atoms with Gasteiger partial charge in [-0.2, -0.15) is 0 Å². The van der Waals surface area contributed by atoms with E-state index in [0.717, 1.165) is 60.6 Å². The molecule has 1 saturated heterocycles. The first-order valence-electron chi connectivity index (χ1n) is 11.3. The predicted molar refractivity (Wildman–Crippen MR) is 125 cm³/mol. The Labute approximate surface area is 188 Å². The summed E-state index contributed by atoms with van der Waals surface area (Å²) in [7, 11) is 1.78. The Morgan fingerprint density at radius 2 is 1.66 bits per heavy atom. The molecule has 0 radical (unpaired) electrons. The minimum Gasteiger partial charge on any atom is -0.381 e. The summed E-state index contributed by atoms with van der Waals surface area (Å²) in [6, 6.07) is 18.1. The van der Waals surface area contributed by atoms with Gasteiger partial charge in [0, 0.05) is 44.3 Å². The molecule has 0 unspecified atom stereocenters. The van der Waals surface area contributed by atoms with Gasteiger partial charge in [-0.05, 0) is 36.1 Å². The van der Waals surface area contributed by atoms with E-state index < -0.39 is 0 Å². The highest BCUT2D eigenvalue weighted by Crippen LogP contribution is 2.29. The van der Waals surface area contributed by atoms with Crippen molar-refractivity contribution in [2.24, 2.45) is 0 Å². The van der Waals surface area contributed by atoms with E-state index in [1.165, 1.54) is 0 Å². The smallest absolute Gasteiger partial charge is 0.254 e. The molecule has 2 aliphatic rings. The maximum atomic E-state index is 13.3. The Hall–Kier alpha value is -3.25. The van der Waals surface area contributed by atoms with Crippen molar-refractivity contribution >= 4 is 11.7 Å². The average Bonchev–Trinajstić information content (AvgIpc) is 2.88. The molecule has 0 N–H and O–H groups in total. The molecule has 3 aromatic rings. The van der Waals surface area contributed by atoms with Crippen LogP contribution in [0.5, 0.6) is 0 Å². The van der Waals surface area contributed by atoms with Gasteiger partial charge >= 0.3 is 0 Å². The Balaban J connectivity index is 1.33. The second-order valence-corrected chi connectivity index (χ2v) is 8.46. The zero-order valence-electron chi connectivity index (χ0n) is 18.4. The van der Waals surface area contributed by atoms with Crippen molar-refractivity contribution in [3.8, 4) is 11.1 Å². The van der Waals surface area contributed by atoms with Crippen molar-refractivity contribution in [2.75, 3.05) is 31.6 Å². The van der Waals surface area contributed by atoms with Crippen LogP contribution in [-0.4, -0.2) is 53.6 Å². The van der Waals surface area contributed by atoms with Crippen molar-refractivity contribution in [1.29, 1.82) is 0 Å². The van der Waals surface area contributed by atoms with Gasteiger partial charge in [0.05, 0.1) is 18.3 Å². The number of carbonyl (C=O) groups excluding carboxylic acids is 1. The van der Waals surface area contributed by atoms with E-state index >= 15 is 0 Å². The first kappa shape index (κ1) is 20.6. The normalized spacial score (nSPS) is 16.7. The number of carbonyl (C=O) groups is 1. The van der Waals surface area contributed by atoms with Gasteiger partial charge in [0.1, 0.15) is 12.1 Å². The number of ether oxygens (including phenoxy) is 1. The van der Waals surface area contributed by atoms with Crippen molar-refractivity contribution in [1.82, 2.24) is 14.9 Å². The van der Waals surface area contributed by atoms with Gasteiger partial charge in [-0.25, -0.2) is 9.97 Å². The van der Waals surface area contributed by atoms with E-state index in [4.69, 9.17) is 4.74 Å². The van der Waals surface area contributed by atoms with Gasteiger partial charge < -0.3 is 14.5 Å². The summed E-state index contributed by atoms with van der Waals surface area (Å²) >= 11 is 0. The summed E-state index contributed by atoms with van der Waals surface area (Å²) in [5, 5.41) is 0. The molecule has 1 aromatic heterocycles. The Morgan fingerprint density at radius 3 is 2.38 bits per heavy atom. The summed E-state index contributed by atoms with van der Waals surface area (Å²) in [5.41, 5.74) is 5.13. The zero-order valence-corrected chi connectivity index (χ0v) is 18.4. The second-order valence-electron chi connectivity index (χ2n) is 8.46. The lowest BCUT2D eigenvalue weighted by atomic mass is 10.0. The Bertz CT molecular complexity index is 1080. The molecule has 0 saturated carbocycles.